The van der Waals surface area contributed by atoms with E-state index in [9.17, 15) is 9.59 Å². The lowest BCUT2D eigenvalue weighted by Gasteiger charge is -2.17. The maximum atomic E-state index is 12.6. The Balaban J connectivity index is 1.84. The molecule has 2 aromatic rings. The Morgan fingerprint density at radius 3 is 2.33 bits per heavy atom. The van der Waals surface area contributed by atoms with Crippen molar-refractivity contribution in [3.63, 3.8) is 0 Å². The molecule has 0 radical (unpaired) electrons. The molecular formula is C16H10Cl4N2O2. The van der Waals surface area contributed by atoms with Gasteiger partial charge in [-0.05, 0) is 36.4 Å². The van der Waals surface area contributed by atoms with Gasteiger partial charge in [-0.25, -0.2) is 4.90 Å². The van der Waals surface area contributed by atoms with Crippen molar-refractivity contribution in [1.29, 1.82) is 0 Å². The third kappa shape index (κ3) is 3.33. The minimum atomic E-state index is -0.707. The first-order valence-electron chi connectivity index (χ1n) is 6.90. The van der Waals surface area contributed by atoms with Crippen LogP contribution in [-0.2, 0) is 9.59 Å². The topological polar surface area (TPSA) is 49.4 Å². The SMILES string of the molecule is O=C1C[C@@H](Nc2ccc(Cl)c(Cl)c2)C(=O)N1c1ccc(Cl)cc1Cl. The van der Waals surface area contributed by atoms with Gasteiger partial charge in [-0.3, -0.25) is 9.59 Å². The molecule has 0 bridgehead atoms. The molecule has 124 valence electrons. The van der Waals surface area contributed by atoms with E-state index >= 15 is 0 Å². The van der Waals surface area contributed by atoms with Gasteiger partial charge in [-0.2, -0.15) is 0 Å². The molecule has 3 rings (SSSR count). The fourth-order valence-corrected chi connectivity index (χ4v) is 3.24. The lowest BCUT2D eigenvalue weighted by Crippen LogP contribution is -2.35. The van der Waals surface area contributed by atoms with Crippen molar-refractivity contribution in [2.24, 2.45) is 0 Å². The molecule has 0 spiro atoms. The van der Waals surface area contributed by atoms with E-state index in [1.54, 1.807) is 30.3 Å². The summed E-state index contributed by atoms with van der Waals surface area (Å²) in [5.74, 6) is -0.739. The minimum Gasteiger partial charge on any atom is -0.373 e. The number of anilines is 2. The highest BCUT2D eigenvalue weighted by Gasteiger charge is 2.40. The van der Waals surface area contributed by atoms with Gasteiger partial charge in [0.05, 0.1) is 27.2 Å². The molecule has 1 atom stereocenters. The third-order valence-electron chi connectivity index (χ3n) is 3.56. The zero-order valence-electron chi connectivity index (χ0n) is 12.0. The molecule has 1 aliphatic rings. The predicted octanol–water partition coefficient (Wildman–Crippen LogP) is 5.04. The monoisotopic (exact) mass is 402 g/mol. The summed E-state index contributed by atoms with van der Waals surface area (Å²) < 4.78 is 0. The van der Waals surface area contributed by atoms with Crippen LogP contribution < -0.4 is 10.2 Å². The van der Waals surface area contributed by atoms with Crippen LogP contribution in [0.5, 0.6) is 0 Å². The molecule has 0 aromatic heterocycles. The number of nitrogens with zero attached hydrogens (tertiary/aromatic N) is 1. The molecule has 4 nitrogen and oxygen atoms in total. The van der Waals surface area contributed by atoms with Gasteiger partial charge >= 0.3 is 0 Å². The summed E-state index contributed by atoms with van der Waals surface area (Å²) in [6.07, 6.45) is 0.0119. The summed E-state index contributed by atoms with van der Waals surface area (Å²) in [5.41, 5.74) is 0.911. The zero-order chi connectivity index (χ0) is 17.4. The van der Waals surface area contributed by atoms with Gasteiger partial charge in [0.1, 0.15) is 6.04 Å². The van der Waals surface area contributed by atoms with Crippen LogP contribution in [0.3, 0.4) is 0 Å². The van der Waals surface area contributed by atoms with Crippen molar-refractivity contribution in [3.8, 4) is 0 Å². The fourth-order valence-electron chi connectivity index (χ4n) is 2.45. The molecule has 2 amide bonds. The molecule has 1 N–H and O–H groups in total. The Morgan fingerprint density at radius 2 is 1.67 bits per heavy atom. The number of rotatable bonds is 3. The van der Waals surface area contributed by atoms with Crippen LogP contribution >= 0.6 is 46.4 Å². The molecule has 0 saturated carbocycles. The summed E-state index contributed by atoms with van der Waals surface area (Å²) in [4.78, 5) is 25.9. The number of benzene rings is 2. The predicted molar refractivity (Wildman–Crippen MR) is 97.4 cm³/mol. The standard InChI is InChI=1S/C16H10Cl4N2O2/c17-8-1-4-14(12(20)5-8)22-15(23)7-13(16(22)24)21-9-2-3-10(18)11(19)6-9/h1-6,13,21H,7H2/t13-/m1/s1. The number of imide groups is 1. The highest BCUT2D eigenvalue weighted by molar-refractivity contribution is 6.42. The minimum absolute atomic E-state index is 0.0119. The molecule has 1 saturated heterocycles. The second kappa shape index (κ2) is 6.81. The van der Waals surface area contributed by atoms with E-state index < -0.39 is 11.9 Å². The summed E-state index contributed by atoms with van der Waals surface area (Å²) in [7, 11) is 0. The lowest BCUT2D eigenvalue weighted by atomic mass is 10.2. The van der Waals surface area contributed by atoms with E-state index in [-0.39, 0.29) is 17.4 Å². The van der Waals surface area contributed by atoms with E-state index in [2.05, 4.69) is 5.32 Å². The number of carbonyl (C=O) groups excluding carboxylic acids is 2. The maximum absolute atomic E-state index is 12.6. The van der Waals surface area contributed by atoms with Crippen molar-refractivity contribution < 1.29 is 9.59 Å². The van der Waals surface area contributed by atoms with Crippen molar-refractivity contribution in [3.05, 3.63) is 56.5 Å². The van der Waals surface area contributed by atoms with Crippen LogP contribution in [0, 0.1) is 0 Å². The highest BCUT2D eigenvalue weighted by atomic mass is 35.5. The van der Waals surface area contributed by atoms with E-state index in [4.69, 9.17) is 46.4 Å². The van der Waals surface area contributed by atoms with Crippen LogP contribution in [-0.4, -0.2) is 17.9 Å². The lowest BCUT2D eigenvalue weighted by molar-refractivity contribution is -0.121. The van der Waals surface area contributed by atoms with Gasteiger partial charge in [0.2, 0.25) is 5.91 Å². The van der Waals surface area contributed by atoms with Gasteiger partial charge in [0, 0.05) is 10.7 Å². The van der Waals surface area contributed by atoms with E-state index in [1.165, 1.54) is 6.07 Å². The van der Waals surface area contributed by atoms with Crippen LogP contribution in [0.2, 0.25) is 20.1 Å². The Bertz CT molecular complexity index is 841. The molecular weight excluding hydrogens is 394 g/mol. The first kappa shape index (κ1) is 17.4. The first-order chi connectivity index (χ1) is 11.4. The molecule has 2 aromatic carbocycles. The summed E-state index contributed by atoms with van der Waals surface area (Å²) in [6, 6.07) is 8.79. The van der Waals surface area contributed by atoms with Gasteiger partial charge in [-0.1, -0.05) is 46.4 Å². The normalized spacial score (nSPS) is 17.5. The van der Waals surface area contributed by atoms with E-state index in [0.717, 1.165) is 4.90 Å². The molecule has 1 heterocycles. The van der Waals surface area contributed by atoms with Gasteiger partial charge in [-0.15, -0.1) is 0 Å². The van der Waals surface area contributed by atoms with Crippen LogP contribution in [0.1, 0.15) is 6.42 Å². The van der Waals surface area contributed by atoms with E-state index in [0.29, 0.717) is 26.4 Å². The van der Waals surface area contributed by atoms with Crippen molar-refractivity contribution in [1.82, 2.24) is 0 Å². The van der Waals surface area contributed by atoms with Crippen LogP contribution in [0.4, 0.5) is 11.4 Å². The van der Waals surface area contributed by atoms with Crippen LogP contribution in [0.25, 0.3) is 0 Å². The number of hydrogen-bond acceptors (Lipinski definition) is 3. The molecule has 0 unspecified atom stereocenters. The average Bonchev–Trinajstić information content (AvgIpc) is 2.78. The Hall–Kier alpha value is -1.46. The number of halogens is 4. The Labute approximate surface area is 158 Å². The third-order valence-corrected chi connectivity index (χ3v) is 4.83. The van der Waals surface area contributed by atoms with Gasteiger partial charge in [0.15, 0.2) is 0 Å². The second-order valence-corrected chi connectivity index (χ2v) is 6.85. The number of carbonyl (C=O) groups is 2. The summed E-state index contributed by atoms with van der Waals surface area (Å²) >= 11 is 23.8. The molecule has 24 heavy (non-hydrogen) atoms. The Morgan fingerprint density at radius 1 is 0.917 bits per heavy atom. The molecule has 1 aliphatic heterocycles. The molecule has 0 aliphatic carbocycles. The largest absolute Gasteiger partial charge is 0.373 e. The fraction of sp³-hybridized carbons (Fsp3) is 0.125. The van der Waals surface area contributed by atoms with Gasteiger partial charge < -0.3 is 5.32 Å². The number of hydrogen-bond donors (Lipinski definition) is 1. The highest BCUT2D eigenvalue weighted by Crippen LogP contribution is 2.33. The average molecular weight is 404 g/mol. The summed E-state index contributed by atoms with van der Waals surface area (Å²) in [5, 5.41) is 4.42. The first-order valence-corrected chi connectivity index (χ1v) is 8.41. The van der Waals surface area contributed by atoms with Gasteiger partial charge in [0.25, 0.3) is 5.91 Å². The quantitative estimate of drug-likeness (QED) is 0.730. The van der Waals surface area contributed by atoms with Crippen molar-refractivity contribution in [2.75, 3.05) is 10.2 Å². The number of nitrogens with one attached hydrogen (secondary N) is 1. The Kier molecular flexibility index (Phi) is 4.92. The number of amides is 2. The summed E-state index contributed by atoms with van der Waals surface area (Å²) in [6.45, 7) is 0. The zero-order valence-corrected chi connectivity index (χ0v) is 15.0. The van der Waals surface area contributed by atoms with Crippen molar-refractivity contribution >= 4 is 69.6 Å². The van der Waals surface area contributed by atoms with Crippen molar-refractivity contribution in [2.45, 2.75) is 12.5 Å². The maximum Gasteiger partial charge on any atom is 0.256 e. The second-order valence-electron chi connectivity index (χ2n) is 5.19. The smallest absolute Gasteiger partial charge is 0.256 e. The van der Waals surface area contributed by atoms with E-state index in [1.807, 2.05) is 0 Å². The van der Waals surface area contributed by atoms with Crippen LogP contribution in [0.15, 0.2) is 36.4 Å². The molecule has 1 fully saturated rings. The molecule has 8 heteroatoms.